The molecule has 0 aromatic heterocycles. The first-order chi connectivity index (χ1) is 17.2. The molecular weight excluding hydrogens is 474 g/mol. The summed E-state index contributed by atoms with van der Waals surface area (Å²) in [6.45, 7) is 13.0. The van der Waals surface area contributed by atoms with Crippen LogP contribution in [-0.2, 0) is 4.52 Å². The van der Waals surface area contributed by atoms with E-state index in [1.807, 2.05) is 0 Å². The first-order valence-electron chi connectivity index (χ1n) is 13.1. The van der Waals surface area contributed by atoms with Crippen molar-refractivity contribution in [1.82, 2.24) is 0 Å². The van der Waals surface area contributed by atoms with Crippen molar-refractivity contribution in [3.8, 4) is 0 Å². The molecule has 36 heavy (non-hydrogen) atoms. The van der Waals surface area contributed by atoms with Gasteiger partial charge in [-0.2, -0.15) is 0 Å². The Labute approximate surface area is 216 Å². The Morgan fingerprint density at radius 1 is 0.583 bits per heavy atom. The zero-order valence-corrected chi connectivity index (χ0v) is 24.1. The number of benzene rings is 4. The van der Waals surface area contributed by atoms with Crippen molar-refractivity contribution >= 4 is 46.6 Å². The Bertz CT molecular complexity index is 1470. The zero-order valence-electron chi connectivity index (χ0n) is 22.3. The summed E-state index contributed by atoms with van der Waals surface area (Å²) in [4.78, 5) is 0. The van der Waals surface area contributed by atoms with Gasteiger partial charge in [0.1, 0.15) is 0 Å². The molecule has 4 aliphatic heterocycles. The second-order valence-electron chi connectivity index (χ2n) is 11.4. The molecule has 4 aliphatic rings. The molecule has 0 amide bonds. The van der Waals surface area contributed by atoms with E-state index in [1.54, 1.807) is 15.9 Å². The van der Waals surface area contributed by atoms with E-state index >= 15 is 0 Å². The van der Waals surface area contributed by atoms with Crippen LogP contribution in [0.15, 0.2) is 66.7 Å². The van der Waals surface area contributed by atoms with Gasteiger partial charge < -0.3 is 0 Å². The summed E-state index contributed by atoms with van der Waals surface area (Å²) >= 11 is 0. The van der Waals surface area contributed by atoms with Crippen molar-refractivity contribution in [2.45, 2.75) is 60.2 Å². The predicted molar refractivity (Wildman–Crippen MR) is 159 cm³/mol. The Morgan fingerprint density at radius 3 is 1.36 bits per heavy atom. The van der Waals surface area contributed by atoms with Gasteiger partial charge in [0.05, 0.1) is 0 Å². The Morgan fingerprint density at radius 2 is 0.972 bits per heavy atom. The van der Waals surface area contributed by atoms with E-state index in [9.17, 15) is 0 Å². The van der Waals surface area contributed by atoms with Gasteiger partial charge in [0.25, 0.3) is 0 Å². The fourth-order valence-electron chi connectivity index (χ4n) is 7.17. The second-order valence-corrected chi connectivity index (χ2v) is 18.2. The quantitative estimate of drug-likeness (QED) is 0.294. The van der Waals surface area contributed by atoms with Crippen LogP contribution in [-0.4, -0.2) is 5.66 Å². The topological polar surface area (TPSA) is 9.23 Å². The van der Waals surface area contributed by atoms with Gasteiger partial charge in [0.2, 0.25) is 0 Å². The molecule has 182 valence electrons. The molecule has 1 fully saturated rings. The molecule has 4 heterocycles. The number of hydrogen-bond donors (Lipinski definition) is 0. The van der Waals surface area contributed by atoms with Gasteiger partial charge in [-0.05, 0) is 0 Å². The summed E-state index contributed by atoms with van der Waals surface area (Å²) in [5, 5.41) is 9.24. The molecule has 1 saturated heterocycles. The van der Waals surface area contributed by atoms with Crippen molar-refractivity contribution in [3.05, 3.63) is 106 Å². The summed E-state index contributed by atoms with van der Waals surface area (Å²) in [5.41, 5.74) is 10.00. The molecule has 2 bridgehead atoms. The van der Waals surface area contributed by atoms with Crippen LogP contribution in [0.2, 0.25) is 0 Å². The molecule has 1 spiro atoms. The molecule has 0 radical (unpaired) electrons. The van der Waals surface area contributed by atoms with E-state index in [1.165, 1.54) is 54.9 Å². The molecular formula is C33H34OP2. The molecule has 0 N–H and O–H groups in total. The van der Waals surface area contributed by atoms with E-state index < -0.39 is 14.8 Å². The standard InChI is InChI=1S/C33H34OP2/c1-19-13-27-30(16-22(19)4)36(25(7)33(34-36)26-11-9-8-10-12-26)31-17-23(5)20(2)14-28(31)35(27)29-15-21(3)24(6)18-32(29)36/h8-18,25,33H,1-7H3/t25-,33+/m0/s1. The number of hydrogen-bond acceptors (Lipinski definition) is 1. The summed E-state index contributed by atoms with van der Waals surface area (Å²) in [6.07, 6.45) is 0.102. The first kappa shape index (κ1) is 22.9. The van der Waals surface area contributed by atoms with Gasteiger partial charge in [-0.15, -0.1) is 0 Å². The van der Waals surface area contributed by atoms with Gasteiger partial charge >= 0.3 is 217 Å². The van der Waals surface area contributed by atoms with Crippen LogP contribution in [0.4, 0.5) is 0 Å². The van der Waals surface area contributed by atoms with Crippen molar-refractivity contribution in [1.29, 1.82) is 0 Å². The van der Waals surface area contributed by atoms with E-state index in [4.69, 9.17) is 4.52 Å². The number of rotatable bonds is 1. The van der Waals surface area contributed by atoms with Gasteiger partial charge in [-0.3, -0.25) is 0 Å². The predicted octanol–water partition coefficient (Wildman–Crippen LogP) is 5.83. The van der Waals surface area contributed by atoms with Crippen molar-refractivity contribution < 1.29 is 4.52 Å². The van der Waals surface area contributed by atoms with E-state index in [-0.39, 0.29) is 6.10 Å². The van der Waals surface area contributed by atoms with Crippen LogP contribution < -0.4 is 31.8 Å². The first-order valence-corrected chi connectivity index (χ1v) is 16.7. The monoisotopic (exact) mass is 508 g/mol. The third kappa shape index (κ3) is 2.39. The minimum absolute atomic E-state index is 0.102. The van der Waals surface area contributed by atoms with Gasteiger partial charge in [-0.25, -0.2) is 0 Å². The van der Waals surface area contributed by atoms with Gasteiger partial charge in [0.15, 0.2) is 0 Å². The molecule has 8 rings (SSSR count). The van der Waals surface area contributed by atoms with Crippen LogP contribution in [0.25, 0.3) is 0 Å². The van der Waals surface area contributed by atoms with Crippen LogP contribution in [0.3, 0.4) is 0 Å². The molecule has 2 atom stereocenters. The molecule has 3 heteroatoms. The summed E-state index contributed by atoms with van der Waals surface area (Å²) < 4.78 is 7.75. The molecule has 4 aromatic rings. The number of aryl methyl sites for hydroxylation is 6. The fourth-order valence-corrected chi connectivity index (χ4v) is 19.4. The summed E-state index contributed by atoms with van der Waals surface area (Å²) in [5.74, 6) is 0. The van der Waals surface area contributed by atoms with Gasteiger partial charge in [-0.1, -0.05) is 0 Å². The van der Waals surface area contributed by atoms with Crippen molar-refractivity contribution in [2.75, 3.05) is 0 Å². The molecule has 0 unspecified atom stereocenters. The third-order valence-electron chi connectivity index (χ3n) is 9.61. The minimum atomic E-state index is -3.17. The van der Waals surface area contributed by atoms with Crippen LogP contribution in [0.1, 0.15) is 52.0 Å². The summed E-state index contributed by atoms with van der Waals surface area (Å²) in [7, 11) is -0.607. The maximum absolute atomic E-state index is 7.75. The average Bonchev–Trinajstić information content (AvgIpc) is 2.86. The molecule has 1 nitrogen and oxygen atoms in total. The fraction of sp³-hybridized carbons (Fsp3) is 0.273. The Hall–Kier alpha value is -2.30. The second kappa shape index (κ2) is 7.17. The Balaban J connectivity index is 1.67. The van der Waals surface area contributed by atoms with Crippen molar-refractivity contribution in [3.63, 3.8) is 0 Å². The maximum atomic E-state index is 7.75. The summed E-state index contributed by atoms with van der Waals surface area (Å²) in [6, 6.07) is 26.1. The average molecular weight is 509 g/mol. The van der Waals surface area contributed by atoms with Crippen LogP contribution in [0.5, 0.6) is 0 Å². The Kier molecular flexibility index (Phi) is 4.55. The zero-order chi connectivity index (χ0) is 25.2. The molecule has 4 aromatic carbocycles. The van der Waals surface area contributed by atoms with E-state index in [0.717, 1.165) is 0 Å². The SMILES string of the molecule is Cc1cc2c(cc1C)P13(O[C@@H](c4ccccc4)[C@@H]1C)c1cc(C)c(C)cc1P2c1cc(C)c(C)cc13. The van der Waals surface area contributed by atoms with Crippen LogP contribution >= 0.6 is 14.8 Å². The van der Waals surface area contributed by atoms with E-state index in [2.05, 4.69) is 115 Å². The third-order valence-corrected chi connectivity index (χ3v) is 19.2. The van der Waals surface area contributed by atoms with Crippen molar-refractivity contribution in [2.24, 2.45) is 0 Å². The van der Waals surface area contributed by atoms with E-state index in [0.29, 0.717) is 5.66 Å². The van der Waals surface area contributed by atoms with Crippen LogP contribution in [0, 0.1) is 41.5 Å². The normalized spacial score (nSPS) is 24.8. The van der Waals surface area contributed by atoms with Gasteiger partial charge in [0, 0.05) is 0 Å². The molecule has 0 saturated carbocycles. The molecule has 0 aliphatic carbocycles.